The van der Waals surface area contributed by atoms with Crippen molar-refractivity contribution in [2.24, 2.45) is 11.8 Å². The maximum atomic E-state index is 11.9. The topological polar surface area (TPSA) is 64.3 Å². The Morgan fingerprint density at radius 2 is 2.05 bits per heavy atom. The summed E-state index contributed by atoms with van der Waals surface area (Å²) in [5, 5.41) is 1.06. The second-order valence-electron chi connectivity index (χ2n) is 5.14. The molecule has 1 amide bonds. The standard InChI is InChI=1S/C15H20N2O2S/c1-9(2)10(3)19-8-12-11-6-4-5-7-13(11)20-14(12)15(18)17-16/h4-7,9-10H,8,16H2,1-3H3,(H,17,18). The number of nitrogen functional groups attached to an aromatic ring is 1. The number of benzene rings is 1. The number of rotatable bonds is 5. The van der Waals surface area contributed by atoms with Gasteiger partial charge in [0.1, 0.15) is 0 Å². The molecule has 5 heteroatoms. The van der Waals surface area contributed by atoms with Gasteiger partial charge in [-0.3, -0.25) is 10.2 Å². The third-order valence-corrected chi connectivity index (χ3v) is 4.68. The number of hydrazine groups is 1. The molecule has 1 aromatic heterocycles. The molecule has 1 atom stereocenters. The largest absolute Gasteiger partial charge is 0.373 e. The van der Waals surface area contributed by atoms with E-state index in [9.17, 15) is 4.79 Å². The van der Waals surface area contributed by atoms with E-state index >= 15 is 0 Å². The molecular formula is C15H20N2O2S. The van der Waals surface area contributed by atoms with Gasteiger partial charge in [0, 0.05) is 10.3 Å². The van der Waals surface area contributed by atoms with Crippen LogP contribution < -0.4 is 11.3 Å². The maximum Gasteiger partial charge on any atom is 0.275 e. The van der Waals surface area contributed by atoms with E-state index in [0.717, 1.165) is 15.6 Å². The second-order valence-corrected chi connectivity index (χ2v) is 6.19. The molecule has 2 rings (SSSR count). The fourth-order valence-corrected chi connectivity index (χ4v) is 3.01. The van der Waals surface area contributed by atoms with Crippen LogP contribution in [0.5, 0.6) is 0 Å². The van der Waals surface area contributed by atoms with Crippen molar-refractivity contribution in [2.45, 2.75) is 33.5 Å². The lowest BCUT2D eigenvalue weighted by atomic mass is 10.1. The normalized spacial score (nSPS) is 12.8. The molecule has 0 aliphatic heterocycles. The number of nitrogens with one attached hydrogen (secondary N) is 1. The van der Waals surface area contributed by atoms with E-state index < -0.39 is 0 Å². The summed E-state index contributed by atoms with van der Waals surface area (Å²) in [6.45, 7) is 6.70. The van der Waals surface area contributed by atoms with Gasteiger partial charge in [-0.15, -0.1) is 11.3 Å². The van der Waals surface area contributed by atoms with Gasteiger partial charge in [0.25, 0.3) is 5.91 Å². The predicted molar refractivity (Wildman–Crippen MR) is 82.6 cm³/mol. The number of ether oxygens (including phenoxy) is 1. The molecule has 1 heterocycles. The number of thiophene rings is 1. The summed E-state index contributed by atoms with van der Waals surface area (Å²) in [7, 11) is 0. The van der Waals surface area contributed by atoms with Crippen molar-refractivity contribution in [1.29, 1.82) is 0 Å². The molecule has 1 unspecified atom stereocenters. The van der Waals surface area contributed by atoms with Gasteiger partial charge in [0.05, 0.1) is 17.6 Å². The van der Waals surface area contributed by atoms with Crippen molar-refractivity contribution < 1.29 is 9.53 Å². The van der Waals surface area contributed by atoms with Crippen LogP contribution >= 0.6 is 11.3 Å². The summed E-state index contributed by atoms with van der Waals surface area (Å²) in [5.74, 6) is 5.44. The van der Waals surface area contributed by atoms with E-state index in [1.54, 1.807) is 0 Å². The fraction of sp³-hybridized carbons (Fsp3) is 0.400. The van der Waals surface area contributed by atoms with Crippen LogP contribution in [-0.2, 0) is 11.3 Å². The Kier molecular flexibility index (Phi) is 4.75. The van der Waals surface area contributed by atoms with E-state index in [1.165, 1.54) is 11.3 Å². The Labute approximate surface area is 122 Å². The van der Waals surface area contributed by atoms with Gasteiger partial charge in [-0.25, -0.2) is 5.84 Å². The first kappa shape index (κ1) is 15.0. The molecule has 2 aromatic rings. The van der Waals surface area contributed by atoms with Crippen molar-refractivity contribution in [3.8, 4) is 0 Å². The highest BCUT2D eigenvalue weighted by molar-refractivity contribution is 7.21. The Hall–Kier alpha value is -1.43. The molecular weight excluding hydrogens is 272 g/mol. The minimum absolute atomic E-state index is 0.141. The summed E-state index contributed by atoms with van der Waals surface area (Å²) >= 11 is 1.44. The lowest BCUT2D eigenvalue weighted by Crippen LogP contribution is -2.30. The number of carbonyl (C=O) groups is 1. The van der Waals surface area contributed by atoms with E-state index in [0.29, 0.717) is 17.4 Å². The summed E-state index contributed by atoms with van der Waals surface area (Å²) in [5.41, 5.74) is 3.13. The molecule has 0 radical (unpaired) electrons. The minimum atomic E-state index is -0.262. The summed E-state index contributed by atoms with van der Waals surface area (Å²) in [4.78, 5) is 12.5. The average Bonchev–Trinajstić information content (AvgIpc) is 2.82. The van der Waals surface area contributed by atoms with Crippen LogP contribution in [0.15, 0.2) is 24.3 Å². The van der Waals surface area contributed by atoms with Crippen LogP contribution in [0.1, 0.15) is 36.0 Å². The quantitative estimate of drug-likeness (QED) is 0.506. The Morgan fingerprint density at radius 1 is 1.35 bits per heavy atom. The highest BCUT2D eigenvalue weighted by atomic mass is 32.1. The van der Waals surface area contributed by atoms with Crippen molar-refractivity contribution in [2.75, 3.05) is 0 Å². The third-order valence-electron chi connectivity index (χ3n) is 3.47. The Balaban J connectivity index is 2.35. The highest BCUT2D eigenvalue weighted by Gasteiger charge is 2.19. The van der Waals surface area contributed by atoms with Gasteiger partial charge < -0.3 is 4.74 Å². The second kappa shape index (κ2) is 6.35. The Morgan fingerprint density at radius 3 is 2.70 bits per heavy atom. The maximum absolute atomic E-state index is 11.9. The zero-order valence-electron chi connectivity index (χ0n) is 12.0. The fourth-order valence-electron chi connectivity index (χ4n) is 1.90. The van der Waals surface area contributed by atoms with Gasteiger partial charge >= 0.3 is 0 Å². The summed E-state index contributed by atoms with van der Waals surface area (Å²) < 4.78 is 6.95. The lowest BCUT2D eigenvalue weighted by molar-refractivity contribution is 0.0238. The first-order valence-electron chi connectivity index (χ1n) is 6.67. The average molecular weight is 292 g/mol. The van der Waals surface area contributed by atoms with Gasteiger partial charge in [0.15, 0.2) is 0 Å². The SMILES string of the molecule is CC(C)C(C)OCc1c(C(=O)NN)sc2ccccc12. The zero-order valence-corrected chi connectivity index (χ0v) is 12.8. The molecule has 0 bridgehead atoms. The van der Waals surface area contributed by atoms with Crippen LogP contribution in [0.25, 0.3) is 10.1 Å². The number of hydrogen-bond acceptors (Lipinski definition) is 4. The van der Waals surface area contributed by atoms with Crippen LogP contribution in [0.2, 0.25) is 0 Å². The van der Waals surface area contributed by atoms with Crippen LogP contribution in [0, 0.1) is 5.92 Å². The van der Waals surface area contributed by atoms with Crippen molar-refractivity contribution >= 4 is 27.3 Å². The van der Waals surface area contributed by atoms with Crippen molar-refractivity contribution in [3.05, 3.63) is 34.7 Å². The minimum Gasteiger partial charge on any atom is -0.373 e. The van der Waals surface area contributed by atoms with Crippen molar-refractivity contribution in [1.82, 2.24) is 5.43 Å². The Bertz CT molecular complexity index is 607. The molecule has 0 saturated heterocycles. The summed E-state index contributed by atoms with van der Waals surface area (Å²) in [6.07, 6.45) is 0.141. The molecule has 3 N–H and O–H groups in total. The molecule has 0 spiro atoms. The molecule has 4 nitrogen and oxygen atoms in total. The zero-order chi connectivity index (χ0) is 14.7. The van der Waals surface area contributed by atoms with Gasteiger partial charge in [-0.05, 0) is 24.3 Å². The molecule has 0 aliphatic rings. The van der Waals surface area contributed by atoms with Crippen molar-refractivity contribution in [3.63, 3.8) is 0 Å². The van der Waals surface area contributed by atoms with E-state index in [2.05, 4.69) is 19.3 Å². The monoisotopic (exact) mass is 292 g/mol. The molecule has 0 saturated carbocycles. The summed E-state index contributed by atoms with van der Waals surface area (Å²) in [6, 6.07) is 7.94. The van der Waals surface area contributed by atoms with Crippen LogP contribution in [0.4, 0.5) is 0 Å². The molecule has 1 aromatic carbocycles. The molecule has 108 valence electrons. The van der Waals surface area contributed by atoms with Crippen LogP contribution in [0.3, 0.4) is 0 Å². The predicted octanol–water partition coefficient (Wildman–Crippen LogP) is 3.07. The lowest BCUT2D eigenvalue weighted by Gasteiger charge is -2.16. The first-order chi connectivity index (χ1) is 9.54. The number of hydrogen-bond donors (Lipinski definition) is 2. The smallest absolute Gasteiger partial charge is 0.275 e. The molecule has 0 fully saturated rings. The number of amides is 1. The van der Waals surface area contributed by atoms with E-state index in [1.807, 2.05) is 31.2 Å². The van der Waals surface area contributed by atoms with E-state index in [4.69, 9.17) is 10.6 Å². The van der Waals surface area contributed by atoms with Crippen LogP contribution in [-0.4, -0.2) is 12.0 Å². The number of fused-ring (bicyclic) bond motifs is 1. The van der Waals surface area contributed by atoms with E-state index in [-0.39, 0.29) is 12.0 Å². The third kappa shape index (κ3) is 3.00. The molecule has 0 aliphatic carbocycles. The van der Waals surface area contributed by atoms with Gasteiger partial charge in [0.2, 0.25) is 0 Å². The van der Waals surface area contributed by atoms with Gasteiger partial charge in [-0.1, -0.05) is 32.0 Å². The number of carbonyl (C=O) groups excluding carboxylic acids is 1. The number of nitrogens with two attached hydrogens (primary N) is 1. The highest BCUT2D eigenvalue weighted by Crippen LogP contribution is 2.32. The first-order valence-corrected chi connectivity index (χ1v) is 7.49. The van der Waals surface area contributed by atoms with Gasteiger partial charge in [-0.2, -0.15) is 0 Å². The molecule has 20 heavy (non-hydrogen) atoms.